The Bertz CT molecular complexity index is 1280. The van der Waals surface area contributed by atoms with Gasteiger partial charge in [0.15, 0.2) is 0 Å². The molecule has 0 spiro atoms. The van der Waals surface area contributed by atoms with E-state index in [9.17, 15) is 26.4 Å². The summed E-state index contributed by atoms with van der Waals surface area (Å²) in [7, 11) is -4.14. The summed E-state index contributed by atoms with van der Waals surface area (Å²) in [5, 5.41) is 0. The van der Waals surface area contributed by atoms with Gasteiger partial charge in [0.1, 0.15) is 17.4 Å². The lowest BCUT2D eigenvalue weighted by atomic mass is 9.85. The zero-order valence-corrected chi connectivity index (χ0v) is 17.4. The van der Waals surface area contributed by atoms with Crippen LogP contribution in [-0.2, 0) is 14.9 Å². The minimum atomic E-state index is -5.87. The van der Waals surface area contributed by atoms with Crippen LogP contribution < -0.4 is 13.8 Å². The van der Waals surface area contributed by atoms with E-state index in [1.807, 2.05) is 0 Å². The van der Waals surface area contributed by atoms with Crippen molar-refractivity contribution in [2.24, 2.45) is 0 Å². The Labute approximate surface area is 181 Å². The third-order valence-electron chi connectivity index (χ3n) is 4.97. The van der Waals surface area contributed by atoms with Crippen LogP contribution in [0.25, 0.3) is 0 Å². The second-order valence-electron chi connectivity index (χ2n) is 6.99. The maximum absolute atomic E-state index is 13.2. The molecule has 0 saturated carbocycles. The van der Waals surface area contributed by atoms with Gasteiger partial charge in [-0.25, -0.2) is 0 Å². The molecule has 10 heteroatoms. The van der Waals surface area contributed by atoms with Gasteiger partial charge in [-0.2, -0.15) is 21.6 Å². The van der Waals surface area contributed by atoms with E-state index >= 15 is 0 Å². The number of carbonyl (C=O) groups is 1. The number of carbonyl (C=O) groups excluding carboxylic acids is 1. The van der Waals surface area contributed by atoms with Crippen molar-refractivity contribution in [2.75, 3.05) is 11.9 Å². The van der Waals surface area contributed by atoms with Gasteiger partial charge in [-0.05, 0) is 47.5 Å². The Kier molecular flexibility index (Phi) is 5.33. The highest BCUT2D eigenvalue weighted by Gasteiger charge is 2.48. The highest BCUT2D eigenvalue weighted by atomic mass is 32.2. The van der Waals surface area contributed by atoms with Gasteiger partial charge in [-0.3, -0.25) is 4.79 Å². The monoisotopic (exact) mass is 463 g/mol. The van der Waals surface area contributed by atoms with Crippen molar-refractivity contribution in [3.8, 4) is 11.5 Å². The van der Waals surface area contributed by atoms with Crippen molar-refractivity contribution in [3.63, 3.8) is 0 Å². The van der Waals surface area contributed by atoms with Gasteiger partial charge in [0.25, 0.3) is 0 Å². The van der Waals surface area contributed by atoms with Crippen LogP contribution in [0.15, 0.2) is 72.8 Å². The molecule has 0 N–H and O–H groups in total. The number of nitrogens with zero attached hydrogens (tertiary/aromatic N) is 1. The topological polar surface area (TPSA) is 72.9 Å². The van der Waals surface area contributed by atoms with Crippen molar-refractivity contribution in [2.45, 2.75) is 11.4 Å². The number of ether oxygens (including phenoxy) is 1. The standard InChI is InChI=1S/C22H16F3NO5S/c1-26-18-10-6-5-9-16(18)20(21(27)30-14-7-3-2-4-8-14)17-13-15(11-12-19(17)26)31-32(28,29)22(23,24)25/h2-13,20H,1H3. The Hall–Kier alpha value is -3.53. The lowest BCUT2D eigenvalue weighted by molar-refractivity contribution is -0.135. The molecule has 3 aromatic carbocycles. The largest absolute Gasteiger partial charge is 0.534 e. The van der Waals surface area contributed by atoms with Crippen LogP contribution in [0.4, 0.5) is 24.5 Å². The van der Waals surface area contributed by atoms with Crippen molar-refractivity contribution < 1.29 is 35.3 Å². The molecular weight excluding hydrogens is 447 g/mol. The van der Waals surface area contributed by atoms with Crippen LogP contribution in [0.5, 0.6) is 11.5 Å². The summed E-state index contributed by atoms with van der Waals surface area (Å²) in [6.45, 7) is 0. The van der Waals surface area contributed by atoms with Gasteiger partial charge in [-0.15, -0.1) is 0 Å². The number of esters is 1. The zero-order chi connectivity index (χ0) is 23.1. The molecule has 1 aliphatic rings. The summed E-state index contributed by atoms with van der Waals surface area (Å²) in [5.41, 5.74) is -3.58. The number of alkyl halides is 3. The van der Waals surface area contributed by atoms with E-state index in [0.29, 0.717) is 22.7 Å². The van der Waals surface area contributed by atoms with Crippen LogP contribution in [0.2, 0.25) is 0 Å². The van der Waals surface area contributed by atoms with E-state index in [4.69, 9.17) is 4.74 Å². The fourth-order valence-electron chi connectivity index (χ4n) is 3.55. The maximum Gasteiger partial charge on any atom is 0.534 e. The molecule has 1 aliphatic heterocycles. The fraction of sp³-hybridized carbons (Fsp3) is 0.136. The SMILES string of the molecule is CN1c2ccccc2C(C(=O)Oc2ccccc2)c2cc(OS(=O)(=O)C(F)(F)F)ccc21. The lowest BCUT2D eigenvalue weighted by Crippen LogP contribution is -2.30. The quantitative estimate of drug-likeness (QED) is 0.241. The van der Waals surface area contributed by atoms with Gasteiger partial charge < -0.3 is 13.8 Å². The molecule has 0 amide bonds. The second kappa shape index (κ2) is 7.86. The van der Waals surface area contributed by atoms with Gasteiger partial charge in [0, 0.05) is 18.4 Å². The summed E-state index contributed by atoms with van der Waals surface area (Å²) in [4.78, 5) is 14.9. The summed E-state index contributed by atoms with van der Waals surface area (Å²) in [5.74, 6) is -1.96. The van der Waals surface area contributed by atoms with Gasteiger partial charge in [-0.1, -0.05) is 36.4 Å². The number of hydrogen-bond donors (Lipinski definition) is 0. The van der Waals surface area contributed by atoms with E-state index < -0.39 is 33.3 Å². The van der Waals surface area contributed by atoms with Crippen molar-refractivity contribution in [1.82, 2.24) is 0 Å². The van der Waals surface area contributed by atoms with E-state index in [2.05, 4.69) is 4.18 Å². The zero-order valence-electron chi connectivity index (χ0n) is 16.5. The summed E-state index contributed by atoms with van der Waals surface area (Å²) in [6.07, 6.45) is 0. The maximum atomic E-state index is 13.2. The second-order valence-corrected chi connectivity index (χ2v) is 8.53. The molecular formula is C22H16F3NO5S. The fourth-order valence-corrected chi connectivity index (χ4v) is 4.00. The van der Waals surface area contributed by atoms with Crippen LogP contribution in [0.3, 0.4) is 0 Å². The summed E-state index contributed by atoms with van der Waals surface area (Å²) < 4.78 is 71.0. The van der Waals surface area contributed by atoms with Crippen LogP contribution in [0.1, 0.15) is 17.0 Å². The lowest BCUT2D eigenvalue weighted by Gasteiger charge is -2.34. The molecule has 32 heavy (non-hydrogen) atoms. The van der Waals surface area contributed by atoms with E-state index in [-0.39, 0.29) is 5.56 Å². The first kappa shape index (κ1) is 21.7. The van der Waals surface area contributed by atoms with Crippen LogP contribution >= 0.6 is 0 Å². The van der Waals surface area contributed by atoms with E-state index in [0.717, 1.165) is 12.1 Å². The molecule has 4 rings (SSSR count). The van der Waals surface area contributed by atoms with E-state index in [1.165, 1.54) is 6.07 Å². The van der Waals surface area contributed by atoms with Crippen molar-refractivity contribution in [3.05, 3.63) is 83.9 Å². The van der Waals surface area contributed by atoms with Crippen LogP contribution in [-0.4, -0.2) is 26.9 Å². The molecule has 1 heterocycles. The number of para-hydroxylation sites is 2. The third-order valence-corrected chi connectivity index (χ3v) is 5.95. The molecule has 0 fully saturated rings. The molecule has 0 bridgehead atoms. The first-order chi connectivity index (χ1) is 15.1. The number of benzene rings is 3. The normalized spacial score (nSPS) is 15.5. The first-order valence-corrected chi connectivity index (χ1v) is 10.7. The van der Waals surface area contributed by atoms with Gasteiger partial charge in [0.2, 0.25) is 0 Å². The molecule has 6 nitrogen and oxygen atoms in total. The highest BCUT2D eigenvalue weighted by Crippen LogP contribution is 2.46. The van der Waals surface area contributed by atoms with Crippen LogP contribution in [0, 0.1) is 0 Å². The van der Waals surface area contributed by atoms with Crippen molar-refractivity contribution in [1.29, 1.82) is 0 Å². The number of hydrogen-bond acceptors (Lipinski definition) is 6. The van der Waals surface area contributed by atoms with Gasteiger partial charge >= 0.3 is 21.6 Å². The Morgan fingerprint density at radius 1 is 0.875 bits per heavy atom. The summed E-state index contributed by atoms with van der Waals surface area (Å²) >= 11 is 0. The predicted octanol–water partition coefficient (Wildman–Crippen LogP) is 4.73. The smallest absolute Gasteiger partial charge is 0.426 e. The predicted molar refractivity (Wildman–Crippen MR) is 110 cm³/mol. The van der Waals surface area contributed by atoms with Gasteiger partial charge in [0.05, 0.1) is 0 Å². The molecule has 0 saturated heterocycles. The third kappa shape index (κ3) is 3.89. The average Bonchev–Trinajstić information content (AvgIpc) is 2.73. The number of anilines is 2. The molecule has 0 aromatic heterocycles. The molecule has 166 valence electrons. The highest BCUT2D eigenvalue weighted by molar-refractivity contribution is 7.88. The average molecular weight is 463 g/mol. The van der Waals surface area contributed by atoms with Crippen molar-refractivity contribution >= 4 is 27.5 Å². The molecule has 1 unspecified atom stereocenters. The molecule has 1 atom stereocenters. The minimum absolute atomic E-state index is 0.252. The minimum Gasteiger partial charge on any atom is -0.426 e. The molecule has 0 radical (unpaired) electrons. The summed E-state index contributed by atoms with van der Waals surface area (Å²) in [6, 6.07) is 18.9. The Morgan fingerprint density at radius 3 is 2.19 bits per heavy atom. The Balaban J connectivity index is 1.80. The number of rotatable bonds is 4. The number of halogens is 3. The molecule has 0 aliphatic carbocycles. The number of fused-ring (bicyclic) bond motifs is 2. The van der Waals surface area contributed by atoms with E-state index in [1.54, 1.807) is 66.5 Å². The first-order valence-electron chi connectivity index (χ1n) is 9.32. The Morgan fingerprint density at radius 2 is 1.50 bits per heavy atom. The molecule has 3 aromatic rings.